The van der Waals surface area contributed by atoms with E-state index in [1.807, 2.05) is 0 Å². The van der Waals surface area contributed by atoms with Crippen molar-refractivity contribution in [1.29, 1.82) is 0 Å². The molecular weight excluding hydrogens is 344 g/mol. The SMILES string of the molecule is COCCOc1ccccc1C(=O)NC(C)c1nc(C)c(C(=O)O)s1. The second-order valence-corrected chi connectivity index (χ2v) is 6.34. The Hall–Kier alpha value is -2.45. The summed E-state index contributed by atoms with van der Waals surface area (Å²) in [5.74, 6) is -0.868. The molecule has 0 aliphatic rings. The lowest BCUT2D eigenvalue weighted by Crippen LogP contribution is -2.27. The van der Waals surface area contributed by atoms with Gasteiger partial charge >= 0.3 is 5.97 Å². The normalized spacial score (nSPS) is 11.8. The Labute approximate surface area is 149 Å². The molecule has 2 rings (SSSR count). The maximum absolute atomic E-state index is 12.5. The van der Waals surface area contributed by atoms with Crippen LogP contribution in [0.5, 0.6) is 5.75 Å². The average molecular weight is 364 g/mol. The maximum atomic E-state index is 12.5. The number of aryl methyl sites for hydroxylation is 1. The molecule has 0 bridgehead atoms. The molecule has 0 spiro atoms. The van der Waals surface area contributed by atoms with Crippen LogP contribution in [0.15, 0.2) is 24.3 Å². The lowest BCUT2D eigenvalue weighted by atomic mass is 10.1. The fourth-order valence-corrected chi connectivity index (χ4v) is 3.06. The summed E-state index contributed by atoms with van der Waals surface area (Å²) in [6.07, 6.45) is 0. The number of rotatable bonds is 8. The number of benzene rings is 1. The summed E-state index contributed by atoms with van der Waals surface area (Å²) in [6.45, 7) is 4.15. The van der Waals surface area contributed by atoms with Gasteiger partial charge in [-0.25, -0.2) is 9.78 Å². The van der Waals surface area contributed by atoms with Crippen LogP contribution in [0.2, 0.25) is 0 Å². The van der Waals surface area contributed by atoms with Gasteiger partial charge in [-0.3, -0.25) is 4.79 Å². The predicted molar refractivity (Wildman–Crippen MR) is 93.5 cm³/mol. The summed E-state index contributed by atoms with van der Waals surface area (Å²) in [5, 5.41) is 12.5. The minimum absolute atomic E-state index is 0.180. The van der Waals surface area contributed by atoms with Gasteiger partial charge in [0, 0.05) is 7.11 Å². The molecule has 0 aliphatic carbocycles. The largest absolute Gasteiger partial charge is 0.490 e. The zero-order valence-corrected chi connectivity index (χ0v) is 15.1. The number of aromatic nitrogens is 1. The first-order valence-corrected chi connectivity index (χ1v) is 8.48. The van der Waals surface area contributed by atoms with Crippen LogP contribution in [0.25, 0.3) is 0 Å². The minimum Gasteiger partial charge on any atom is -0.490 e. The van der Waals surface area contributed by atoms with E-state index in [2.05, 4.69) is 10.3 Å². The van der Waals surface area contributed by atoms with E-state index in [1.54, 1.807) is 45.2 Å². The summed E-state index contributed by atoms with van der Waals surface area (Å²) >= 11 is 1.06. The number of thiazole rings is 1. The zero-order chi connectivity index (χ0) is 18.4. The average Bonchev–Trinajstić information content (AvgIpc) is 2.97. The number of carbonyl (C=O) groups excluding carboxylic acids is 1. The number of ether oxygens (including phenoxy) is 2. The highest BCUT2D eigenvalue weighted by Gasteiger charge is 2.21. The van der Waals surface area contributed by atoms with Crippen LogP contribution in [-0.4, -0.2) is 42.3 Å². The first kappa shape index (κ1) is 18.9. The highest BCUT2D eigenvalue weighted by Crippen LogP contribution is 2.25. The first-order chi connectivity index (χ1) is 11.9. The van der Waals surface area contributed by atoms with Crippen LogP contribution in [0.1, 0.15) is 43.7 Å². The van der Waals surface area contributed by atoms with Gasteiger partial charge in [0.1, 0.15) is 22.2 Å². The molecule has 134 valence electrons. The number of carboxylic acid groups (broad SMARTS) is 1. The van der Waals surface area contributed by atoms with Gasteiger partial charge in [0.05, 0.1) is 23.9 Å². The van der Waals surface area contributed by atoms with Crippen molar-refractivity contribution in [3.05, 3.63) is 45.4 Å². The third-order valence-electron chi connectivity index (χ3n) is 3.40. The second kappa shape index (κ2) is 8.59. The summed E-state index contributed by atoms with van der Waals surface area (Å²) in [7, 11) is 1.57. The Kier molecular flexibility index (Phi) is 6.49. The van der Waals surface area contributed by atoms with Gasteiger partial charge in [-0.05, 0) is 26.0 Å². The van der Waals surface area contributed by atoms with Crippen molar-refractivity contribution in [1.82, 2.24) is 10.3 Å². The molecule has 1 heterocycles. The first-order valence-electron chi connectivity index (χ1n) is 7.66. The number of amides is 1. The van der Waals surface area contributed by atoms with Crippen molar-refractivity contribution in [2.75, 3.05) is 20.3 Å². The molecule has 7 nitrogen and oxygen atoms in total. The molecule has 0 saturated heterocycles. The van der Waals surface area contributed by atoms with E-state index >= 15 is 0 Å². The molecule has 1 amide bonds. The summed E-state index contributed by atoms with van der Waals surface area (Å²) in [6, 6.07) is 6.49. The van der Waals surface area contributed by atoms with Crippen molar-refractivity contribution in [2.24, 2.45) is 0 Å². The highest BCUT2D eigenvalue weighted by molar-refractivity contribution is 7.13. The van der Waals surface area contributed by atoms with Crippen molar-refractivity contribution >= 4 is 23.2 Å². The van der Waals surface area contributed by atoms with E-state index in [0.29, 0.717) is 35.2 Å². The molecule has 0 aliphatic heterocycles. The topological polar surface area (TPSA) is 97.8 Å². The number of para-hydroxylation sites is 1. The Morgan fingerprint density at radius 2 is 2.04 bits per heavy atom. The molecule has 25 heavy (non-hydrogen) atoms. The second-order valence-electron chi connectivity index (χ2n) is 5.30. The number of hydrogen-bond donors (Lipinski definition) is 2. The van der Waals surface area contributed by atoms with Crippen LogP contribution < -0.4 is 10.1 Å². The van der Waals surface area contributed by atoms with Crippen molar-refractivity contribution < 1.29 is 24.2 Å². The molecule has 1 aromatic heterocycles. The standard InChI is InChI=1S/C17H20N2O5S/c1-10-14(17(21)22)25-16(19-10)11(2)18-15(20)12-6-4-5-7-13(12)24-9-8-23-3/h4-7,11H,8-9H2,1-3H3,(H,18,20)(H,21,22). The lowest BCUT2D eigenvalue weighted by Gasteiger charge is -2.14. The number of methoxy groups -OCH3 is 1. The molecule has 1 atom stereocenters. The number of nitrogens with one attached hydrogen (secondary N) is 1. The van der Waals surface area contributed by atoms with Crippen LogP contribution in [0.4, 0.5) is 0 Å². The molecule has 1 unspecified atom stereocenters. The van der Waals surface area contributed by atoms with Gasteiger partial charge in [-0.15, -0.1) is 11.3 Å². The fraction of sp³-hybridized carbons (Fsp3) is 0.353. The Morgan fingerprint density at radius 3 is 2.68 bits per heavy atom. The third-order valence-corrected chi connectivity index (χ3v) is 4.73. The number of aromatic carboxylic acids is 1. The van der Waals surface area contributed by atoms with E-state index in [1.165, 1.54) is 0 Å². The van der Waals surface area contributed by atoms with Gasteiger partial charge in [0.2, 0.25) is 0 Å². The maximum Gasteiger partial charge on any atom is 0.347 e. The quantitative estimate of drug-likeness (QED) is 0.699. The van der Waals surface area contributed by atoms with E-state index in [9.17, 15) is 9.59 Å². The van der Waals surface area contributed by atoms with Gasteiger partial charge in [0.25, 0.3) is 5.91 Å². The Balaban J connectivity index is 2.11. The van der Waals surface area contributed by atoms with E-state index in [-0.39, 0.29) is 10.8 Å². The van der Waals surface area contributed by atoms with Crippen molar-refractivity contribution in [3.63, 3.8) is 0 Å². The number of carboxylic acids is 1. The Morgan fingerprint density at radius 1 is 1.32 bits per heavy atom. The smallest absolute Gasteiger partial charge is 0.347 e. The molecule has 0 saturated carbocycles. The molecule has 0 fully saturated rings. The minimum atomic E-state index is -1.02. The van der Waals surface area contributed by atoms with Crippen LogP contribution >= 0.6 is 11.3 Å². The summed E-state index contributed by atoms with van der Waals surface area (Å²) in [4.78, 5) is 28.1. The van der Waals surface area contributed by atoms with E-state index < -0.39 is 12.0 Å². The van der Waals surface area contributed by atoms with Gasteiger partial charge in [-0.2, -0.15) is 0 Å². The number of hydrogen-bond acceptors (Lipinski definition) is 6. The number of carbonyl (C=O) groups is 2. The predicted octanol–water partition coefficient (Wildman–Crippen LogP) is 2.67. The Bertz CT molecular complexity index is 759. The van der Waals surface area contributed by atoms with Gasteiger partial charge < -0.3 is 19.9 Å². The van der Waals surface area contributed by atoms with Crippen LogP contribution in [0.3, 0.4) is 0 Å². The molecular formula is C17H20N2O5S. The number of nitrogens with zero attached hydrogens (tertiary/aromatic N) is 1. The zero-order valence-electron chi connectivity index (χ0n) is 14.2. The van der Waals surface area contributed by atoms with Crippen LogP contribution in [-0.2, 0) is 4.74 Å². The molecule has 8 heteroatoms. The van der Waals surface area contributed by atoms with E-state index in [4.69, 9.17) is 14.6 Å². The summed E-state index contributed by atoms with van der Waals surface area (Å²) in [5.41, 5.74) is 0.842. The van der Waals surface area contributed by atoms with E-state index in [0.717, 1.165) is 11.3 Å². The van der Waals surface area contributed by atoms with Crippen molar-refractivity contribution in [3.8, 4) is 5.75 Å². The monoisotopic (exact) mass is 364 g/mol. The van der Waals surface area contributed by atoms with Gasteiger partial charge in [-0.1, -0.05) is 12.1 Å². The highest BCUT2D eigenvalue weighted by atomic mass is 32.1. The molecule has 1 aromatic carbocycles. The molecule has 0 radical (unpaired) electrons. The molecule has 2 aromatic rings. The van der Waals surface area contributed by atoms with Crippen LogP contribution in [0, 0.1) is 6.92 Å². The van der Waals surface area contributed by atoms with Gasteiger partial charge in [0.15, 0.2) is 0 Å². The summed E-state index contributed by atoms with van der Waals surface area (Å²) < 4.78 is 10.5. The van der Waals surface area contributed by atoms with Crippen molar-refractivity contribution in [2.45, 2.75) is 19.9 Å². The molecule has 2 N–H and O–H groups in total. The third kappa shape index (κ3) is 4.77. The lowest BCUT2D eigenvalue weighted by molar-refractivity contribution is 0.0700. The fourth-order valence-electron chi connectivity index (χ4n) is 2.15.